The number of rotatable bonds is 2. The molecule has 1 fully saturated rings. The summed E-state index contributed by atoms with van der Waals surface area (Å²) in [6.45, 7) is 3.78. The Labute approximate surface area is 73.3 Å². The van der Waals surface area contributed by atoms with Gasteiger partial charge in [-0.2, -0.15) is 0 Å². The monoisotopic (exact) mass is 176 g/mol. The summed E-state index contributed by atoms with van der Waals surface area (Å²) in [5.41, 5.74) is -0.675. The van der Waals surface area contributed by atoms with Crippen LogP contribution in [0.3, 0.4) is 0 Å². The molecule has 0 heterocycles. The first-order valence-electron chi connectivity index (χ1n) is 4.96. The summed E-state index contributed by atoms with van der Waals surface area (Å²) in [5.74, 6) is -2.41. The molecule has 12 heavy (non-hydrogen) atoms. The van der Waals surface area contributed by atoms with Gasteiger partial charge in [0.05, 0.1) is 0 Å². The third kappa shape index (κ3) is 1.36. The molecular weight excluding hydrogens is 158 g/mol. The molecular formula is C10H18F2. The van der Waals surface area contributed by atoms with Crippen molar-refractivity contribution in [1.29, 1.82) is 0 Å². The highest BCUT2D eigenvalue weighted by molar-refractivity contribution is 4.93. The largest absolute Gasteiger partial charge is 0.253 e. The molecule has 0 spiro atoms. The SMILES string of the molecule is CCC1(CC)CCCCC1(F)F. The first-order chi connectivity index (χ1) is 5.58. The highest BCUT2D eigenvalue weighted by atomic mass is 19.3. The van der Waals surface area contributed by atoms with Crippen molar-refractivity contribution < 1.29 is 8.78 Å². The fourth-order valence-corrected chi connectivity index (χ4v) is 2.38. The van der Waals surface area contributed by atoms with Crippen LogP contribution in [0.25, 0.3) is 0 Å². The second kappa shape index (κ2) is 3.31. The maximum Gasteiger partial charge on any atom is 0.253 e. The van der Waals surface area contributed by atoms with Crippen LogP contribution in [-0.2, 0) is 0 Å². The molecule has 0 saturated heterocycles. The Morgan fingerprint density at radius 1 is 1.00 bits per heavy atom. The Morgan fingerprint density at radius 2 is 1.50 bits per heavy atom. The van der Waals surface area contributed by atoms with Crippen molar-refractivity contribution in [3.8, 4) is 0 Å². The Morgan fingerprint density at radius 3 is 1.83 bits per heavy atom. The van der Waals surface area contributed by atoms with Crippen molar-refractivity contribution in [1.82, 2.24) is 0 Å². The summed E-state index contributed by atoms with van der Waals surface area (Å²) in [6, 6.07) is 0. The smallest absolute Gasteiger partial charge is 0.206 e. The van der Waals surface area contributed by atoms with E-state index in [2.05, 4.69) is 0 Å². The predicted octanol–water partition coefficient (Wildman–Crippen LogP) is 4.00. The minimum Gasteiger partial charge on any atom is -0.206 e. The molecule has 0 aromatic carbocycles. The van der Waals surface area contributed by atoms with E-state index in [1.807, 2.05) is 13.8 Å². The average molecular weight is 176 g/mol. The zero-order chi connectivity index (χ0) is 9.24. The summed E-state index contributed by atoms with van der Waals surface area (Å²) >= 11 is 0. The molecule has 1 saturated carbocycles. The summed E-state index contributed by atoms with van der Waals surface area (Å²) in [4.78, 5) is 0. The van der Waals surface area contributed by atoms with Crippen molar-refractivity contribution in [3.05, 3.63) is 0 Å². The lowest BCUT2D eigenvalue weighted by molar-refractivity contribution is -0.153. The number of hydrogen-bond acceptors (Lipinski definition) is 0. The average Bonchev–Trinajstić information content (AvgIpc) is 2.05. The highest BCUT2D eigenvalue weighted by Gasteiger charge is 2.51. The maximum atomic E-state index is 13.5. The third-order valence-corrected chi connectivity index (χ3v) is 3.53. The van der Waals surface area contributed by atoms with E-state index >= 15 is 0 Å². The molecule has 2 heteroatoms. The van der Waals surface area contributed by atoms with E-state index < -0.39 is 11.3 Å². The molecule has 1 rings (SSSR count). The Balaban J connectivity index is 2.81. The van der Waals surface area contributed by atoms with E-state index in [4.69, 9.17) is 0 Å². The summed E-state index contributed by atoms with van der Waals surface area (Å²) in [7, 11) is 0. The number of halogens is 2. The quantitative estimate of drug-likeness (QED) is 0.596. The van der Waals surface area contributed by atoms with Gasteiger partial charge in [-0.25, -0.2) is 8.78 Å². The lowest BCUT2D eigenvalue weighted by atomic mass is 9.67. The molecule has 0 unspecified atom stereocenters. The van der Waals surface area contributed by atoms with Crippen LogP contribution in [0.5, 0.6) is 0 Å². The van der Waals surface area contributed by atoms with Crippen LogP contribution >= 0.6 is 0 Å². The highest BCUT2D eigenvalue weighted by Crippen LogP contribution is 2.52. The van der Waals surface area contributed by atoms with Crippen molar-refractivity contribution in [2.75, 3.05) is 0 Å². The van der Waals surface area contributed by atoms with E-state index in [-0.39, 0.29) is 6.42 Å². The van der Waals surface area contributed by atoms with Gasteiger partial charge < -0.3 is 0 Å². The molecule has 0 N–H and O–H groups in total. The fraction of sp³-hybridized carbons (Fsp3) is 1.00. The Hall–Kier alpha value is -0.140. The van der Waals surface area contributed by atoms with Crippen LogP contribution in [0.2, 0.25) is 0 Å². The minimum absolute atomic E-state index is 0.106. The van der Waals surface area contributed by atoms with Gasteiger partial charge in [-0.05, 0) is 25.7 Å². The molecule has 0 bridgehead atoms. The summed E-state index contributed by atoms with van der Waals surface area (Å²) in [5, 5.41) is 0. The van der Waals surface area contributed by atoms with Gasteiger partial charge in [0.2, 0.25) is 0 Å². The van der Waals surface area contributed by atoms with E-state index in [1.165, 1.54) is 0 Å². The second-order valence-electron chi connectivity index (χ2n) is 3.90. The normalized spacial score (nSPS) is 27.0. The van der Waals surface area contributed by atoms with E-state index in [1.54, 1.807) is 0 Å². The molecule has 72 valence electrons. The van der Waals surface area contributed by atoms with Gasteiger partial charge in [0.25, 0.3) is 5.92 Å². The van der Waals surface area contributed by atoms with Crippen molar-refractivity contribution in [2.45, 2.75) is 58.3 Å². The summed E-state index contributed by atoms with van der Waals surface area (Å²) < 4.78 is 27.0. The standard InChI is InChI=1S/C10H18F2/c1-3-9(4-2)7-5-6-8-10(9,11)12/h3-8H2,1-2H3. The zero-order valence-corrected chi connectivity index (χ0v) is 8.00. The lowest BCUT2D eigenvalue weighted by Gasteiger charge is -2.42. The van der Waals surface area contributed by atoms with Gasteiger partial charge >= 0.3 is 0 Å². The van der Waals surface area contributed by atoms with Crippen LogP contribution in [0.4, 0.5) is 8.78 Å². The summed E-state index contributed by atoms with van der Waals surface area (Å²) in [6.07, 6.45) is 3.75. The minimum atomic E-state index is -2.41. The molecule has 0 aliphatic heterocycles. The third-order valence-electron chi connectivity index (χ3n) is 3.53. The molecule has 0 aromatic rings. The van der Waals surface area contributed by atoms with Crippen LogP contribution in [0.1, 0.15) is 52.4 Å². The van der Waals surface area contributed by atoms with Gasteiger partial charge in [-0.1, -0.05) is 20.3 Å². The molecule has 0 nitrogen and oxygen atoms in total. The van der Waals surface area contributed by atoms with Crippen LogP contribution in [0, 0.1) is 5.41 Å². The molecule has 0 aromatic heterocycles. The second-order valence-corrected chi connectivity index (χ2v) is 3.90. The molecule has 0 amide bonds. The van der Waals surface area contributed by atoms with Gasteiger partial charge in [0, 0.05) is 11.8 Å². The zero-order valence-electron chi connectivity index (χ0n) is 8.00. The number of alkyl halides is 2. The molecule has 1 aliphatic rings. The van der Waals surface area contributed by atoms with Gasteiger partial charge in [-0.3, -0.25) is 0 Å². The first-order valence-corrected chi connectivity index (χ1v) is 4.96. The van der Waals surface area contributed by atoms with Gasteiger partial charge in [-0.15, -0.1) is 0 Å². The fourth-order valence-electron chi connectivity index (χ4n) is 2.38. The van der Waals surface area contributed by atoms with Crippen LogP contribution in [0.15, 0.2) is 0 Å². The van der Waals surface area contributed by atoms with Crippen LogP contribution < -0.4 is 0 Å². The Bertz CT molecular complexity index is 148. The first kappa shape index (κ1) is 9.94. The van der Waals surface area contributed by atoms with Crippen molar-refractivity contribution in [3.63, 3.8) is 0 Å². The molecule has 0 atom stereocenters. The maximum absolute atomic E-state index is 13.5. The van der Waals surface area contributed by atoms with Gasteiger partial charge in [0.15, 0.2) is 0 Å². The Kier molecular flexibility index (Phi) is 2.74. The molecule has 1 aliphatic carbocycles. The van der Waals surface area contributed by atoms with Crippen molar-refractivity contribution >= 4 is 0 Å². The van der Waals surface area contributed by atoms with Crippen molar-refractivity contribution in [2.24, 2.45) is 5.41 Å². The predicted molar refractivity (Wildman–Crippen MR) is 46.4 cm³/mol. The van der Waals surface area contributed by atoms with E-state index in [0.717, 1.165) is 6.42 Å². The topological polar surface area (TPSA) is 0 Å². The van der Waals surface area contributed by atoms with Gasteiger partial charge in [0.1, 0.15) is 0 Å². The molecule has 0 radical (unpaired) electrons. The van der Waals surface area contributed by atoms with Crippen LogP contribution in [-0.4, -0.2) is 5.92 Å². The van der Waals surface area contributed by atoms with E-state index in [9.17, 15) is 8.78 Å². The lowest BCUT2D eigenvalue weighted by Crippen LogP contribution is -2.43. The number of hydrogen-bond donors (Lipinski definition) is 0. The van der Waals surface area contributed by atoms with E-state index in [0.29, 0.717) is 25.7 Å².